The number of aromatic nitrogens is 2. The Morgan fingerprint density at radius 1 is 1.25 bits per heavy atom. The van der Waals surface area contributed by atoms with Gasteiger partial charge in [0.2, 0.25) is 11.9 Å². The van der Waals surface area contributed by atoms with Gasteiger partial charge in [0.25, 0.3) is 0 Å². The van der Waals surface area contributed by atoms with E-state index in [9.17, 15) is 4.79 Å². The SMILES string of the molecule is CN(C)CC(=O)N1CCC2(CC1)COCCN(c1ncccn1)C2. The van der Waals surface area contributed by atoms with Gasteiger partial charge >= 0.3 is 0 Å². The van der Waals surface area contributed by atoms with Gasteiger partial charge in [0.05, 0.1) is 19.8 Å². The molecule has 2 fully saturated rings. The minimum absolute atomic E-state index is 0.0879. The molecule has 24 heavy (non-hydrogen) atoms. The summed E-state index contributed by atoms with van der Waals surface area (Å²) in [5.41, 5.74) is 0.0879. The maximum absolute atomic E-state index is 12.3. The Balaban J connectivity index is 1.64. The quantitative estimate of drug-likeness (QED) is 0.802. The van der Waals surface area contributed by atoms with Crippen molar-refractivity contribution in [2.45, 2.75) is 12.8 Å². The number of likely N-dealkylation sites (N-methyl/N-ethyl adjacent to an activating group) is 1. The lowest BCUT2D eigenvalue weighted by atomic mass is 9.78. The molecular weight excluding hydrogens is 306 g/mol. The molecule has 7 heteroatoms. The summed E-state index contributed by atoms with van der Waals surface area (Å²) in [7, 11) is 3.86. The van der Waals surface area contributed by atoms with E-state index in [1.165, 1.54) is 0 Å². The van der Waals surface area contributed by atoms with Crippen LogP contribution in [0.3, 0.4) is 0 Å². The van der Waals surface area contributed by atoms with Gasteiger partial charge in [0.15, 0.2) is 0 Å². The van der Waals surface area contributed by atoms with Crippen LogP contribution in [-0.4, -0.2) is 85.7 Å². The van der Waals surface area contributed by atoms with Gasteiger partial charge in [-0.15, -0.1) is 0 Å². The van der Waals surface area contributed by atoms with Crippen molar-refractivity contribution in [2.75, 3.05) is 64.9 Å². The first-order chi connectivity index (χ1) is 11.6. The molecule has 2 saturated heterocycles. The summed E-state index contributed by atoms with van der Waals surface area (Å²) in [6.45, 7) is 5.25. The number of piperidine rings is 1. The lowest BCUT2D eigenvalue weighted by Gasteiger charge is -2.42. The molecule has 0 unspecified atom stereocenters. The fourth-order valence-electron chi connectivity index (χ4n) is 3.52. The number of likely N-dealkylation sites (tertiary alicyclic amines) is 1. The van der Waals surface area contributed by atoms with Crippen molar-refractivity contribution in [3.05, 3.63) is 18.5 Å². The van der Waals surface area contributed by atoms with Gasteiger partial charge in [0, 0.05) is 44.0 Å². The average Bonchev–Trinajstić information content (AvgIpc) is 2.78. The van der Waals surface area contributed by atoms with Crippen LogP contribution in [-0.2, 0) is 9.53 Å². The van der Waals surface area contributed by atoms with Crippen molar-refractivity contribution in [2.24, 2.45) is 5.41 Å². The van der Waals surface area contributed by atoms with E-state index < -0.39 is 0 Å². The molecule has 0 saturated carbocycles. The summed E-state index contributed by atoms with van der Waals surface area (Å²) in [4.78, 5) is 27.2. The van der Waals surface area contributed by atoms with Crippen LogP contribution in [0.25, 0.3) is 0 Å². The maximum atomic E-state index is 12.3. The zero-order chi connectivity index (χ0) is 17.0. The second-order valence-electron chi connectivity index (χ2n) is 7.14. The molecule has 1 spiro atoms. The smallest absolute Gasteiger partial charge is 0.236 e. The molecule has 3 rings (SSSR count). The molecule has 7 nitrogen and oxygen atoms in total. The van der Waals surface area contributed by atoms with E-state index in [0.29, 0.717) is 13.2 Å². The van der Waals surface area contributed by atoms with Crippen LogP contribution in [0, 0.1) is 5.41 Å². The largest absolute Gasteiger partial charge is 0.379 e. The highest BCUT2D eigenvalue weighted by Gasteiger charge is 2.39. The van der Waals surface area contributed by atoms with E-state index in [0.717, 1.165) is 51.6 Å². The topological polar surface area (TPSA) is 61.8 Å². The monoisotopic (exact) mass is 333 g/mol. The Morgan fingerprint density at radius 3 is 2.62 bits per heavy atom. The molecule has 0 N–H and O–H groups in total. The van der Waals surface area contributed by atoms with Crippen molar-refractivity contribution in [1.82, 2.24) is 19.8 Å². The van der Waals surface area contributed by atoms with Crippen molar-refractivity contribution in [3.63, 3.8) is 0 Å². The molecule has 1 aromatic rings. The van der Waals surface area contributed by atoms with Crippen molar-refractivity contribution in [1.29, 1.82) is 0 Å². The molecule has 0 atom stereocenters. The molecule has 2 aliphatic rings. The first-order valence-corrected chi connectivity index (χ1v) is 8.60. The number of hydrogen-bond acceptors (Lipinski definition) is 6. The van der Waals surface area contributed by atoms with Crippen molar-refractivity contribution in [3.8, 4) is 0 Å². The van der Waals surface area contributed by atoms with Gasteiger partial charge in [0.1, 0.15) is 0 Å². The van der Waals surface area contributed by atoms with Crippen LogP contribution in [0.15, 0.2) is 18.5 Å². The number of ether oxygens (including phenoxy) is 1. The van der Waals surface area contributed by atoms with E-state index in [4.69, 9.17) is 4.74 Å². The standard InChI is InChI=1S/C17H27N5O2/c1-20(2)12-15(23)21-8-4-17(5-9-21)13-22(10-11-24-14-17)16-18-6-3-7-19-16/h3,6-7H,4-5,8-14H2,1-2H3. The fourth-order valence-corrected chi connectivity index (χ4v) is 3.52. The molecule has 2 aliphatic heterocycles. The molecule has 132 valence electrons. The number of amides is 1. The van der Waals surface area contributed by atoms with Gasteiger partial charge in [-0.1, -0.05) is 0 Å². The van der Waals surface area contributed by atoms with E-state index in [1.54, 1.807) is 12.4 Å². The summed E-state index contributed by atoms with van der Waals surface area (Å²) in [6, 6.07) is 1.84. The summed E-state index contributed by atoms with van der Waals surface area (Å²) >= 11 is 0. The highest BCUT2D eigenvalue weighted by Crippen LogP contribution is 2.35. The third kappa shape index (κ3) is 4.02. The average molecular weight is 333 g/mol. The molecular formula is C17H27N5O2. The number of hydrogen-bond donors (Lipinski definition) is 0. The Labute approximate surface area is 143 Å². The molecule has 0 aromatic carbocycles. The highest BCUT2D eigenvalue weighted by molar-refractivity contribution is 5.78. The third-order valence-corrected chi connectivity index (χ3v) is 4.90. The predicted molar refractivity (Wildman–Crippen MR) is 91.9 cm³/mol. The lowest BCUT2D eigenvalue weighted by Crippen LogP contribution is -2.50. The van der Waals surface area contributed by atoms with E-state index >= 15 is 0 Å². The van der Waals surface area contributed by atoms with Gasteiger partial charge in [-0.25, -0.2) is 9.97 Å². The summed E-state index contributed by atoms with van der Waals surface area (Å²) in [6.07, 6.45) is 5.50. The first-order valence-electron chi connectivity index (χ1n) is 8.60. The molecule has 1 amide bonds. The zero-order valence-corrected chi connectivity index (χ0v) is 14.6. The summed E-state index contributed by atoms with van der Waals surface area (Å²) in [5.74, 6) is 0.987. The van der Waals surface area contributed by atoms with Crippen LogP contribution in [0.1, 0.15) is 12.8 Å². The Kier molecular flexibility index (Phi) is 5.30. The number of carbonyl (C=O) groups excluding carboxylic acids is 1. The predicted octanol–water partition coefficient (Wildman–Crippen LogP) is 0.484. The van der Waals surface area contributed by atoms with Gasteiger partial charge in [-0.2, -0.15) is 0 Å². The molecule has 3 heterocycles. The number of nitrogens with zero attached hydrogens (tertiary/aromatic N) is 5. The molecule has 1 aromatic heterocycles. The minimum atomic E-state index is 0.0879. The van der Waals surface area contributed by atoms with Crippen LogP contribution in [0.5, 0.6) is 0 Å². The van der Waals surface area contributed by atoms with E-state index in [1.807, 2.05) is 30.0 Å². The fraction of sp³-hybridized carbons (Fsp3) is 0.706. The summed E-state index contributed by atoms with van der Waals surface area (Å²) < 4.78 is 5.89. The molecule has 0 bridgehead atoms. The lowest BCUT2D eigenvalue weighted by molar-refractivity contribution is -0.134. The summed E-state index contributed by atoms with van der Waals surface area (Å²) in [5, 5.41) is 0. The van der Waals surface area contributed by atoms with Crippen LogP contribution < -0.4 is 4.90 Å². The Hall–Kier alpha value is -1.73. The molecule has 0 aliphatic carbocycles. The minimum Gasteiger partial charge on any atom is -0.379 e. The van der Waals surface area contributed by atoms with Crippen LogP contribution in [0.4, 0.5) is 5.95 Å². The van der Waals surface area contributed by atoms with Crippen molar-refractivity contribution >= 4 is 11.9 Å². The first kappa shape index (κ1) is 17.1. The van der Waals surface area contributed by atoms with Gasteiger partial charge < -0.3 is 19.4 Å². The van der Waals surface area contributed by atoms with Crippen LogP contribution in [0.2, 0.25) is 0 Å². The highest BCUT2D eigenvalue weighted by atomic mass is 16.5. The Bertz CT molecular complexity index is 543. The van der Waals surface area contributed by atoms with E-state index in [2.05, 4.69) is 14.9 Å². The molecule has 0 radical (unpaired) electrons. The second-order valence-corrected chi connectivity index (χ2v) is 7.14. The van der Waals surface area contributed by atoms with Crippen LogP contribution >= 0.6 is 0 Å². The van der Waals surface area contributed by atoms with Crippen molar-refractivity contribution < 1.29 is 9.53 Å². The number of anilines is 1. The van der Waals surface area contributed by atoms with Gasteiger partial charge in [-0.05, 0) is 33.0 Å². The zero-order valence-electron chi connectivity index (χ0n) is 14.6. The second kappa shape index (κ2) is 7.44. The third-order valence-electron chi connectivity index (χ3n) is 4.90. The van der Waals surface area contributed by atoms with E-state index in [-0.39, 0.29) is 11.3 Å². The van der Waals surface area contributed by atoms with Gasteiger partial charge in [-0.3, -0.25) is 4.79 Å². The number of rotatable bonds is 3. The maximum Gasteiger partial charge on any atom is 0.236 e. The Morgan fingerprint density at radius 2 is 1.96 bits per heavy atom. The number of carbonyl (C=O) groups is 1. The normalized spacial score (nSPS) is 21.1.